The van der Waals surface area contributed by atoms with Crippen LogP contribution in [0.4, 0.5) is 0 Å². The van der Waals surface area contributed by atoms with Crippen molar-refractivity contribution in [2.24, 2.45) is 34.7 Å². The van der Waals surface area contributed by atoms with Gasteiger partial charge in [-0.25, -0.2) is 0 Å². The molecular weight excluding hydrogens is 414 g/mol. The highest BCUT2D eigenvalue weighted by atomic mass is 16.6. The molecule has 0 radical (unpaired) electrons. The van der Waals surface area contributed by atoms with Crippen LogP contribution in [-0.2, 0) is 9.63 Å². The molecule has 33 heavy (non-hydrogen) atoms. The SMILES string of the molecule is CCCCCCC(CCC(C)C)[C@@]1(O)C(O)=C(/C(CC(C)C)=N\OC)C(=O)[C@@H]1CCC(C)C. The Bertz CT molecular complexity index is 665. The van der Waals surface area contributed by atoms with Crippen LogP contribution in [0.1, 0.15) is 113 Å². The molecule has 192 valence electrons. The van der Waals surface area contributed by atoms with Gasteiger partial charge in [-0.05, 0) is 49.4 Å². The van der Waals surface area contributed by atoms with Gasteiger partial charge in [0.05, 0.1) is 17.2 Å². The fourth-order valence-electron chi connectivity index (χ4n) is 5.08. The van der Waals surface area contributed by atoms with Crippen molar-refractivity contribution in [2.45, 2.75) is 118 Å². The van der Waals surface area contributed by atoms with E-state index in [0.717, 1.165) is 51.4 Å². The fraction of sp³-hybridized carbons (Fsp3) is 0.857. The van der Waals surface area contributed by atoms with Crippen LogP contribution >= 0.6 is 0 Å². The molecule has 3 atom stereocenters. The fourth-order valence-corrected chi connectivity index (χ4v) is 5.08. The number of rotatable bonds is 16. The summed E-state index contributed by atoms with van der Waals surface area (Å²) < 4.78 is 0. The second kappa shape index (κ2) is 14.1. The molecular formula is C28H51NO4. The first-order valence-corrected chi connectivity index (χ1v) is 13.3. The first kappa shape index (κ1) is 29.7. The quantitative estimate of drug-likeness (QED) is 0.143. The molecule has 0 aromatic carbocycles. The van der Waals surface area contributed by atoms with Gasteiger partial charge < -0.3 is 15.1 Å². The highest BCUT2D eigenvalue weighted by Crippen LogP contribution is 2.48. The minimum atomic E-state index is -1.53. The van der Waals surface area contributed by atoms with E-state index in [9.17, 15) is 15.0 Å². The minimum absolute atomic E-state index is 0.154. The summed E-state index contributed by atoms with van der Waals surface area (Å²) in [6.45, 7) is 14.9. The van der Waals surface area contributed by atoms with Crippen molar-refractivity contribution >= 4 is 11.5 Å². The smallest absolute Gasteiger partial charge is 0.174 e. The maximum atomic E-state index is 13.7. The zero-order valence-electron chi connectivity index (χ0n) is 22.6. The highest BCUT2D eigenvalue weighted by molar-refractivity contribution is 6.25. The molecule has 0 spiro atoms. The summed E-state index contributed by atoms with van der Waals surface area (Å²) in [7, 11) is 1.46. The van der Waals surface area contributed by atoms with Crippen LogP contribution in [-0.4, -0.2) is 34.4 Å². The topological polar surface area (TPSA) is 79.1 Å². The van der Waals surface area contributed by atoms with Crippen LogP contribution in [0.25, 0.3) is 0 Å². The van der Waals surface area contributed by atoms with Crippen LogP contribution in [0.2, 0.25) is 0 Å². The molecule has 2 N–H and O–H groups in total. The molecule has 1 unspecified atom stereocenters. The Hall–Kier alpha value is -1.36. The Morgan fingerprint density at radius 3 is 2.12 bits per heavy atom. The number of hydrogen-bond donors (Lipinski definition) is 2. The summed E-state index contributed by atoms with van der Waals surface area (Å²) in [6.07, 6.45) is 8.89. The van der Waals surface area contributed by atoms with E-state index in [2.05, 4.69) is 39.8 Å². The molecule has 0 fully saturated rings. The molecule has 5 nitrogen and oxygen atoms in total. The number of hydrogen-bond acceptors (Lipinski definition) is 5. The van der Waals surface area contributed by atoms with Gasteiger partial charge in [0.25, 0.3) is 0 Å². The van der Waals surface area contributed by atoms with Crippen molar-refractivity contribution in [1.82, 2.24) is 0 Å². The lowest BCUT2D eigenvalue weighted by Crippen LogP contribution is -2.46. The minimum Gasteiger partial charge on any atom is -0.508 e. The second-order valence-electron chi connectivity index (χ2n) is 11.3. The molecule has 1 aliphatic carbocycles. The third-order valence-electron chi connectivity index (χ3n) is 6.96. The van der Waals surface area contributed by atoms with Gasteiger partial charge in [-0.1, -0.05) is 92.1 Å². The molecule has 0 aliphatic heterocycles. The van der Waals surface area contributed by atoms with Gasteiger partial charge in [0, 0.05) is 0 Å². The Balaban J connectivity index is 3.50. The predicted octanol–water partition coefficient (Wildman–Crippen LogP) is 7.24. The molecule has 0 amide bonds. The van der Waals surface area contributed by atoms with Gasteiger partial charge in [-0.3, -0.25) is 4.79 Å². The number of unbranched alkanes of at least 4 members (excludes halogenated alkanes) is 3. The second-order valence-corrected chi connectivity index (χ2v) is 11.3. The summed E-state index contributed by atoms with van der Waals surface area (Å²) in [5.41, 5.74) is -0.882. The number of allylic oxidation sites excluding steroid dienone is 1. The van der Waals surface area contributed by atoms with Crippen molar-refractivity contribution in [3.8, 4) is 0 Å². The van der Waals surface area contributed by atoms with Gasteiger partial charge in [0.15, 0.2) is 5.78 Å². The highest BCUT2D eigenvalue weighted by Gasteiger charge is 2.57. The van der Waals surface area contributed by atoms with E-state index in [1.165, 1.54) is 7.11 Å². The number of oxime groups is 1. The van der Waals surface area contributed by atoms with E-state index >= 15 is 0 Å². The molecule has 0 saturated heterocycles. The number of carbonyl (C=O) groups excluding carboxylic acids is 1. The normalized spacial score (nSPS) is 22.8. The lowest BCUT2D eigenvalue weighted by Gasteiger charge is -2.38. The molecule has 0 heterocycles. The van der Waals surface area contributed by atoms with Gasteiger partial charge in [0.1, 0.15) is 18.5 Å². The number of carbonyl (C=O) groups is 1. The van der Waals surface area contributed by atoms with Crippen LogP contribution in [0.15, 0.2) is 16.5 Å². The van der Waals surface area contributed by atoms with Gasteiger partial charge >= 0.3 is 0 Å². The van der Waals surface area contributed by atoms with E-state index in [-0.39, 0.29) is 29.0 Å². The van der Waals surface area contributed by atoms with E-state index in [4.69, 9.17) is 4.84 Å². The lowest BCUT2D eigenvalue weighted by atomic mass is 9.71. The summed E-state index contributed by atoms with van der Waals surface area (Å²) in [4.78, 5) is 18.8. The van der Waals surface area contributed by atoms with Gasteiger partial charge in [-0.15, -0.1) is 0 Å². The van der Waals surface area contributed by atoms with Gasteiger partial charge in [0.2, 0.25) is 0 Å². The number of Topliss-reactive ketones (excluding diaryl/α,β-unsaturated/α-hetero) is 1. The number of nitrogens with zero attached hydrogens (tertiary/aromatic N) is 1. The van der Waals surface area contributed by atoms with Crippen LogP contribution in [0.5, 0.6) is 0 Å². The van der Waals surface area contributed by atoms with E-state index in [0.29, 0.717) is 30.4 Å². The molecule has 0 bridgehead atoms. The van der Waals surface area contributed by atoms with Crippen molar-refractivity contribution in [3.63, 3.8) is 0 Å². The maximum absolute atomic E-state index is 13.7. The predicted molar refractivity (Wildman–Crippen MR) is 137 cm³/mol. The van der Waals surface area contributed by atoms with Crippen LogP contribution < -0.4 is 0 Å². The van der Waals surface area contributed by atoms with Crippen molar-refractivity contribution in [3.05, 3.63) is 11.3 Å². The summed E-state index contributed by atoms with van der Waals surface area (Å²) in [6, 6.07) is 0. The summed E-state index contributed by atoms with van der Waals surface area (Å²) in [5, 5.41) is 27.9. The Morgan fingerprint density at radius 1 is 0.970 bits per heavy atom. The van der Waals surface area contributed by atoms with Crippen LogP contribution in [0.3, 0.4) is 0 Å². The Kier molecular flexibility index (Phi) is 12.7. The largest absolute Gasteiger partial charge is 0.508 e. The average Bonchev–Trinajstić information content (AvgIpc) is 2.91. The van der Waals surface area contributed by atoms with E-state index in [1.54, 1.807) is 0 Å². The monoisotopic (exact) mass is 465 g/mol. The molecule has 1 rings (SSSR count). The third kappa shape index (κ3) is 8.12. The summed E-state index contributed by atoms with van der Waals surface area (Å²) in [5.74, 6) is 0.0215. The molecule has 1 aliphatic rings. The zero-order valence-corrected chi connectivity index (χ0v) is 22.6. The van der Waals surface area contributed by atoms with E-state index < -0.39 is 11.5 Å². The Labute approximate surface area is 203 Å². The van der Waals surface area contributed by atoms with Crippen molar-refractivity contribution in [2.75, 3.05) is 7.11 Å². The van der Waals surface area contributed by atoms with Crippen LogP contribution in [0, 0.1) is 29.6 Å². The van der Waals surface area contributed by atoms with Crippen molar-refractivity contribution in [1.29, 1.82) is 0 Å². The number of ketones is 1. The van der Waals surface area contributed by atoms with Crippen molar-refractivity contribution < 1.29 is 19.8 Å². The number of aliphatic hydroxyl groups is 2. The lowest BCUT2D eigenvalue weighted by molar-refractivity contribution is -0.129. The average molecular weight is 466 g/mol. The number of aliphatic hydroxyl groups excluding tert-OH is 1. The first-order valence-electron chi connectivity index (χ1n) is 13.3. The summed E-state index contributed by atoms with van der Waals surface area (Å²) >= 11 is 0. The molecule has 0 saturated carbocycles. The first-order chi connectivity index (χ1) is 15.5. The third-order valence-corrected chi connectivity index (χ3v) is 6.96. The van der Waals surface area contributed by atoms with Gasteiger partial charge in [-0.2, -0.15) is 0 Å². The van der Waals surface area contributed by atoms with E-state index in [1.807, 2.05) is 13.8 Å². The molecule has 0 aromatic rings. The zero-order chi connectivity index (χ0) is 25.2. The molecule has 5 heteroatoms. The Morgan fingerprint density at radius 2 is 1.61 bits per heavy atom. The maximum Gasteiger partial charge on any atom is 0.174 e. The standard InChI is InChI=1S/C28H51NO4/c1-9-10-11-12-13-22(16-14-19(2)3)28(32)23(17-15-20(4)5)26(30)25(27(28)31)24(29-33-8)18-21(6)7/h19-23,31-32H,9-18H2,1-8H3/b29-24-/t22?,23-,28-/m0/s1. The molecule has 0 aromatic heterocycles.